The number of pyridine rings is 2. The molecule has 0 saturated heterocycles. The van der Waals surface area contributed by atoms with Crippen LogP contribution in [0.1, 0.15) is 0 Å². The number of fused-ring (bicyclic) bond motifs is 2. The molecule has 0 amide bonds. The van der Waals surface area contributed by atoms with Crippen molar-refractivity contribution in [3.63, 3.8) is 0 Å². The van der Waals surface area contributed by atoms with Crippen LogP contribution in [-0.4, -0.2) is 26.4 Å². The Labute approximate surface area is 198 Å². The molecule has 0 aliphatic rings. The van der Waals surface area contributed by atoms with Gasteiger partial charge in [0, 0.05) is 22.9 Å². The summed E-state index contributed by atoms with van der Waals surface area (Å²) in [6, 6.07) is 21.1. The van der Waals surface area contributed by atoms with E-state index in [9.17, 15) is 0 Å². The third-order valence-electron chi connectivity index (χ3n) is 4.85. The lowest BCUT2D eigenvalue weighted by Crippen LogP contribution is -3.00. The van der Waals surface area contributed by atoms with Gasteiger partial charge in [-0.1, -0.05) is 36.4 Å². The number of nitrogens with zero attached hydrogens (tertiary/aromatic N) is 2. The summed E-state index contributed by atoms with van der Waals surface area (Å²) in [7, 11) is 0. The summed E-state index contributed by atoms with van der Waals surface area (Å²) in [5.74, 6) is 0. The van der Waals surface area contributed by atoms with Crippen LogP contribution in [0.25, 0.3) is 21.5 Å². The second-order valence-corrected chi connectivity index (χ2v) is 6.85. The molecule has 0 fully saturated rings. The molecule has 4 nitrogen and oxygen atoms in total. The molecule has 158 valence electrons. The Morgan fingerprint density at radius 2 is 0.900 bits per heavy atom. The summed E-state index contributed by atoms with van der Waals surface area (Å²) in [5.41, 5.74) is 0. The van der Waals surface area contributed by atoms with E-state index in [-0.39, 0.29) is 34.0 Å². The second kappa shape index (κ2) is 12.7. The molecule has 2 aromatic carbocycles. The van der Waals surface area contributed by atoms with Gasteiger partial charge in [0.1, 0.15) is 13.2 Å². The van der Waals surface area contributed by atoms with Gasteiger partial charge in [-0.05, 0) is 22.9 Å². The third kappa shape index (κ3) is 6.84. The highest BCUT2D eigenvalue weighted by Gasteiger charge is 2.04. The molecular weight excluding hydrogens is 508 g/mol. The molecule has 0 aliphatic carbocycles. The fourth-order valence-electron chi connectivity index (χ4n) is 3.30. The molecule has 0 saturated carbocycles. The highest BCUT2D eigenvalue weighted by Crippen LogP contribution is 2.10. The molecule has 0 spiro atoms. The summed E-state index contributed by atoms with van der Waals surface area (Å²) < 4.78 is 15.7. The molecule has 0 radical (unpaired) electrons. The number of hydrogen-bond donors (Lipinski definition) is 0. The highest BCUT2D eigenvalue weighted by molar-refractivity contribution is 5.80. The van der Waals surface area contributed by atoms with Gasteiger partial charge in [-0.2, -0.15) is 0 Å². The van der Waals surface area contributed by atoms with Crippen LogP contribution < -0.4 is 43.1 Å². The van der Waals surface area contributed by atoms with Crippen molar-refractivity contribution in [1.29, 1.82) is 0 Å². The minimum Gasteiger partial charge on any atom is -1.00 e. The number of hydrogen-bond acceptors (Lipinski definition) is 2. The van der Waals surface area contributed by atoms with Crippen molar-refractivity contribution in [2.24, 2.45) is 0 Å². The smallest absolute Gasteiger partial charge is 0.176 e. The van der Waals surface area contributed by atoms with Crippen LogP contribution in [0, 0.1) is 0 Å². The van der Waals surface area contributed by atoms with Crippen LogP contribution >= 0.6 is 0 Å². The minimum absolute atomic E-state index is 0. The van der Waals surface area contributed by atoms with Crippen LogP contribution in [0.15, 0.2) is 85.5 Å². The Morgan fingerprint density at radius 3 is 1.33 bits per heavy atom. The summed E-state index contributed by atoms with van der Waals surface area (Å²) in [5, 5.41) is 5.02. The van der Waals surface area contributed by atoms with Gasteiger partial charge in [-0.15, -0.1) is 0 Å². The van der Waals surface area contributed by atoms with Crippen molar-refractivity contribution in [2.45, 2.75) is 13.1 Å². The van der Waals surface area contributed by atoms with Crippen molar-refractivity contribution in [1.82, 2.24) is 0 Å². The topological polar surface area (TPSA) is 26.2 Å². The van der Waals surface area contributed by atoms with Crippen molar-refractivity contribution >= 4 is 21.5 Å². The van der Waals surface area contributed by atoms with Crippen LogP contribution in [0.5, 0.6) is 0 Å². The predicted octanol–water partition coefficient (Wildman–Crippen LogP) is -2.69. The van der Waals surface area contributed by atoms with Crippen molar-refractivity contribution in [2.75, 3.05) is 26.4 Å². The molecule has 0 bridgehead atoms. The van der Waals surface area contributed by atoms with Crippen LogP contribution in [0.3, 0.4) is 0 Å². The number of ether oxygens (including phenoxy) is 2. The van der Waals surface area contributed by atoms with Gasteiger partial charge in [0.25, 0.3) is 0 Å². The van der Waals surface area contributed by atoms with Crippen LogP contribution in [0.2, 0.25) is 0 Å². The zero-order chi connectivity index (χ0) is 19.0. The van der Waals surface area contributed by atoms with Crippen molar-refractivity contribution in [3.05, 3.63) is 85.5 Å². The lowest BCUT2D eigenvalue weighted by Gasteiger charge is -2.04. The average molecular weight is 534 g/mol. The van der Waals surface area contributed by atoms with E-state index in [1.807, 2.05) is 0 Å². The van der Waals surface area contributed by atoms with Gasteiger partial charge >= 0.3 is 0 Å². The van der Waals surface area contributed by atoms with E-state index in [4.69, 9.17) is 9.47 Å². The Morgan fingerprint density at radius 1 is 0.500 bits per heavy atom. The first-order chi connectivity index (χ1) is 13.9. The fourth-order valence-corrected chi connectivity index (χ4v) is 3.30. The second-order valence-electron chi connectivity index (χ2n) is 6.85. The maximum Gasteiger partial charge on any atom is 0.176 e. The summed E-state index contributed by atoms with van der Waals surface area (Å²) in [4.78, 5) is 0. The first-order valence-corrected chi connectivity index (χ1v) is 9.80. The summed E-state index contributed by atoms with van der Waals surface area (Å²) >= 11 is 0. The molecule has 30 heavy (non-hydrogen) atoms. The quantitative estimate of drug-likeness (QED) is 0.173. The molecule has 0 aliphatic heterocycles. The molecule has 2 heterocycles. The monoisotopic (exact) mass is 532 g/mol. The standard InChI is InChI=1S/C24H26N2O2.2BrH/c1-3-7-23-19-25(11-9-21(23)5-1)13-15-27-17-18-28-16-14-26-12-10-22-6-2-4-8-24(22)20-26;;/h1-12,19-20H,13-18H2;2*1H/q+2;;/p-2. The van der Waals surface area contributed by atoms with Gasteiger partial charge in [-0.25, -0.2) is 9.13 Å². The van der Waals surface area contributed by atoms with Gasteiger partial charge in [-0.3, -0.25) is 0 Å². The van der Waals surface area contributed by atoms with E-state index >= 15 is 0 Å². The van der Waals surface area contributed by atoms with Crippen molar-refractivity contribution in [3.8, 4) is 0 Å². The van der Waals surface area contributed by atoms with Gasteiger partial charge in [0.15, 0.2) is 37.9 Å². The van der Waals surface area contributed by atoms with E-state index in [2.05, 4.69) is 94.6 Å². The fraction of sp³-hybridized carbons (Fsp3) is 0.250. The Balaban J connectivity index is 0.00000160. The van der Waals surface area contributed by atoms with Crippen LogP contribution in [-0.2, 0) is 22.6 Å². The molecular formula is C24H26Br2N2O2. The number of halogens is 2. The molecule has 0 unspecified atom stereocenters. The summed E-state index contributed by atoms with van der Waals surface area (Å²) in [6.45, 7) is 4.31. The van der Waals surface area contributed by atoms with E-state index in [1.165, 1.54) is 21.5 Å². The van der Waals surface area contributed by atoms with E-state index in [1.54, 1.807) is 0 Å². The number of benzene rings is 2. The summed E-state index contributed by atoms with van der Waals surface area (Å²) in [6.07, 6.45) is 8.53. The maximum absolute atomic E-state index is 5.71. The molecule has 4 aromatic rings. The molecule has 2 aromatic heterocycles. The average Bonchev–Trinajstić information content (AvgIpc) is 2.75. The highest BCUT2D eigenvalue weighted by atomic mass is 79.9. The Kier molecular flexibility index (Phi) is 10.4. The van der Waals surface area contributed by atoms with Crippen LogP contribution in [0.4, 0.5) is 0 Å². The normalized spacial score (nSPS) is 10.5. The number of aromatic nitrogens is 2. The molecule has 0 N–H and O–H groups in total. The Bertz CT molecular complexity index is 974. The first kappa shape index (κ1) is 24.4. The lowest BCUT2D eigenvalue weighted by atomic mass is 10.2. The zero-order valence-electron chi connectivity index (χ0n) is 16.8. The largest absolute Gasteiger partial charge is 1.00 e. The zero-order valence-corrected chi connectivity index (χ0v) is 20.0. The number of rotatable bonds is 9. The minimum atomic E-state index is 0. The first-order valence-electron chi connectivity index (χ1n) is 9.80. The molecule has 6 heteroatoms. The van der Waals surface area contributed by atoms with Gasteiger partial charge in [0.05, 0.1) is 13.2 Å². The maximum atomic E-state index is 5.71. The molecule has 0 atom stereocenters. The van der Waals surface area contributed by atoms with E-state index in [0.717, 1.165) is 13.1 Å². The lowest BCUT2D eigenvalue weighted by molar-refractivity contribution is -0.697. The van der Waals surface area contributed by atoms with E-state index in [0.29, 0.717) is 26.4 Å². The molecule has 4 rings (SSSR count). The van der Waals surface area contributed by atoms with Gasteiger partial charge < -0.3 is 43.4 Å². The van der Waals surface area contributed by atoms with E-state index < -0.39 is 0 Å². The third-order valence-corrected chi connectivity index (χ3v) is 4.85. The Hall–Kier alpha value is -1.86. The SMILES string of the molecule is [Br-].[Br-].c1ccc2c[n+](CCOCCOCC[n+]3ccc4ccccc4c3)ccc2c1. The van der Waals surface area contributed by atoms with Gasteiger partial charge in [0.2, 0.25) is 0 Å². The van der Waals surface area contributed by atoms with Crippen molar-refractivity contribution < 1.29 is 52.6 Å². The predicted molar refractivity (Wildman–Crippen MR) is 110 cm³/mol.